The maximum atomic E-state index is 10.3. The second-order valence-electron chi connectivity index (χ2n) is 6.85. The van der Waals surface area contributed by atoms with E-state index < -0.39 is 0 Å². The van der Waals surface area contributed by atoms with Gasteiger partial charge in [-0.15, -0.1) is 0 Å². The molecule has 22 heavy (non-hydrogen) atoms. The van der Waals surface area contributed by atoms with Crippen LogP contribution in [0.3, 0.4) is 0 Å². The second-order valence-corrected chi connectivity index (χ2v) is 6.85. The molecular formula is C21H36O. The molecule has 1 rings (SSSR count). The van der Waals surface area contributed by atoms with Crippen LogP contribution in [-0.4, -0.2) is 11.2 Å². The Bertz CT molecular complexity index is 346. The van der Waals surface area contributed by atoms with Gasteiger partial charge in [-0.3, -0.25) is 0 Å². The van der Waals surface area contributed by atoms with E-state index in [0.29, 0.717) is 5.92 Å². The molecule has 0 aliphatic rings. The van der Waals surface area contributed by atoms with Gasteiger partial charge in [-0.25, -0.2) is 0 Å². The van der Waals surface area contributed by atoms with Crippen molar-refractivity contribution in [3.8, 4) is 0 Å². The van der Waals surface area contributed by atoms with E-state index in [-0.39, 0.29) is 6.10 Å². The largest absolute Gasteiger partial charge is 0.393 e. The smallest absolute Gasteiger partial charge is 0.0568 e. The zero-order valence-electron chi connectivity index (χ0n) is 14.8. The van der Waals surface area contributed by atoms with Crippen molar-refractivity contribution >= 4 is 0 Å². The fourth-order valence-electron chi connectivity index (χ4n) is 3.07. The average molecular weight is 305 g/mol. The molecule has 1 heteroatoms. The molecule has 1 N–H and O–H groups in total. The lowest BCUT2D eigenvalue weighted by Crippen LogP contribution is -2.19. The number of hydrogen-bond donors (Lipinski definition) is 1. The SMILES string of the molecule is CCCCCCCCCCCC(O)C(C)Cc1ccccc1. The normalized spacial score (nSPS) is 14.0. The minimum atomic E-state index is -0.148. The van der Waals surface area contributed by atoms with E-state index in [9.17, 15) is 5.11 Å². The maximum absolute atomic E-state index is 10.3. The van der Waals surface area contributed by atoms with Crippen LogP contribution < -0.4 is 0 Å². The van der Waals surface area contributed by atoms with Crippen molar-refractivity contribution in [1.29, 1.82) is 0 Å². The Balaban J connectivity index is 1.99. The molecule has 1 nitrogen and oxygen atoms in total. The van der Waals surface area contributed by atoms with Gasteiger partial charge in [0, 0.05) is 0 Å². The highest BCUT2D eigenvalue weighted by Gasteiger charge is 2.14. The third kappa shape index (κ3) is 9.25. The van der Waals surface area contributed by atoms with E-state index in [2.05, 4.69) is 38.1 Å². The van der Waals surface area contributed by atoms with Gasteiger partial charge in [-0.2, -0.15) is 0 Å². The van der Waals surface area contributed by atoms with Crippen LogP contribution >= 0.6 is 0 Å². The molecule has 0 spiro atoms. The first-order valence-electron chi connectivity index (χ1n) is 9.46. The molecule has 2 unspecified atom stereocenters. The Morgan fingerprint density at radius 2 is 1.36 bits per heavy atom. The lowest BCUT2D eigenvalue weighted by molar-refractivity contribution is 0.104. The summed E-state index contributed by atoms with van der Waals surface area (Å²) in [7, 11) is 0. The molecule has 0 aliphatic heterocycles. The van der Waals surface area contributed by atoms with Gasteiger partial charge >= 0.3 is 0 Å². The van der Waals surface area contributed by atoms with E-state index in [4.69, 9.17) is 0 Å². The van der Waals surface area contributed by atoms with Crippen LogP contribution in [0.25, 0.3) is 0 Å². The van der Waals surface area contributed by atoms with Crippen LogP contribution in [0.5, 0.6) is 0 Å². The summed E-state index contributed by atoms with van der Waals surface area (Å²) < 4.78 is 0. The summed E-state index contributed by atoms with van der Waals surface area (Å²) in [6.07, 6.45) is 13.9. The van der Waals surface area contributed by atoms with E-state index in [1.165, 1.54) is 63.4 Å². The highest BCUT2D eigenvalue weighted by atomic mass is 16.3. The Morgan fingerprint density at radius 1 is 0.818 bits per heavy atom. The van der Waals surface area contributed by atoms with Crippen LogP contribution in [0.4, 0.5) is 0 Å². The summed E-state index contributed by atoms with van der Waals surface area (Å²) in [5.41, 5.74) is 1.33. The number of benzene rings is 1. The first-order chi connectivity index (χ1) is 10.7. The molecule has 0 bridgehead atoms. The molecule has 2 atom stereocenters. The summed E-state index contributed by atoms with van der Waals surface area (Å²) in [6.45, 7) is 4.44. The van der Waals surface area contributed by atoms with Gasteiger partial charge < -0.3 is 5.11 Å². The van der Waals surface area contributed by atoms with Crippen molar-refractivity contribution in [3.05, 3.63) is 35.9 Å². The molecular weight excluding hydrogens is 268 g/mol. The maximum Gasteiger partial charge on any atom is 0.0568 e. The van der Waals surface area contributed by atoms with Crippen molar-refractivity contribution in [3.63, 3.8) is 0 Å². The van der Waals surface area contributed by atoms with Crippen LogP contribution in [0.15, 0.2) is 30.3 Å². The lowest BCUT2D eigenvalue weighted by atomic mass is 9.92. The third-order valence-electron chi connectivity index (χ3n) is 4.66. The molecule has 0 radical (unpaired) electrons. The van der Waals surface area contributed by atoms with Crippen LogP contribution in [-0.2, 0) is 6.42 Å². The zero-order chi connectivity index (χ0) is 16.0. The Kier molecular flexibility index (Phi) is 11.1. The fourth-order valence-corrected chi connectivity index (χ4v) is 3.07. The predicted octanol–water partition coefficient (Wildman–Crippen LogP) is 6.15. The third-order valence-corrected chi connectivity index (χ3v) is 4.66. The van der Waals surface area contributed by atoms with Gasteiger partial charge in [0.1, 0.15) is 0 Å². The number of aliphatic hydroxyl groups excluding tert-OH is 1. The Hall–Kier alpha value is -0.820. The average Bonchev–Trinajstić information content (AvgIpc) is 2.54. The molecule has 0 saturated heterocycles. The zero-order valence-corrected chi connectivity index (χ0v) is 14.8. The van der Waals surface area contributed by atoms with Crippen LogP contribution in [0, 0.1) is 5.92 Å². The van der Waals surface area contributed by atoms with Crippen molar-refractivity contribution in [1.82, 2.24) is 0 Å². The quantitative estimate of drug-likeness (QED) is 0.433. The molecule has 0 heterocycles. The molecule has 0 amide bonds. The minimum Gasteiger partial charge on any atom is -0.393 e. The molecule has 126 valence electrons. The van der Waals surface area contributed by atoms with Gasteiger partial charge in [0.2, 0.25) is 0 Å². The summed E-state index contributed by atoms with van der Waals surface area (Å²) in [4.78, 5) is 0. The van der Waals surface area contributed by atoms with Gasteiger partial charge in [-0.05, 0) is 24.3 Å². The van der Waals surface area contributed by atoms with Gasteiger partial charge in [0.15, 0.2) is 0 Å². The Morgan fingerprint density at radius 3 is 1.95 bits per heavy atom. The van der Waals surface area contributed by atoms with E-state index >= 15 is 0 Å². The minimum absolute atomic E-state index is 0.148. The monoisotopic (exact) mass is 304 g/mol. The van der Waals surface area contributed by atoms with Crippen molar-refractivity contribution in [2.75, 3.05) is 0 Å². The van der Waals surface area contributed by atoms with Crippen molar-refractivity contribution in [2.45, 2.75) is 90.6 Å². The second kappa shape index (κ2) is 12.7. The highest BCUT2D eigenvalue weighted by Crippen LogP contribution is 2.17. The topological polar surface area (TPSA) is 20.2 Å². The van der Waals surface area contributed by atoms with Crippen molar-refractivity contribution in [2.24, 2.45) is 5.92 Å². The van der Waals surface area contributed by atoms with Crippen molar-refractivity contribution < 1.29 is 5.11 Å². The van der Waals surface area contributed by atoms with Crippen LogP contribution in [0.2, 0.25) is 0 Å². The summed E-state index contributed by atoms with van der Waals surface area (Å²) >= 11 is 0. The van der Waals surface area contributed by atoms with Crippen LogP contribution in [0.1, 0.15) is 83.6 Å². The van der Waals surface area contributed by atoms with E-state index in [1.807, 2.05) is 6.07 Å². The Labute approximate surface area is 138 Å². The molecule has 1 aromatic rings. The fraction of sp³-hybridized carbons (Fsp3) is 0.714. The number of aliphatic hydroxyl groups is 1. The lowest BCUT2D eigenvalue weighted by Gasteiger charge is -2.18. The summed E-state index contributed by atoms with van der Waals surface area (Å²) in [5, 5.41) is 10.3. The highest BCUT2D eigenvalue weighted by molar-refractivity contribution is 5.15. The standard InChI is InChI=1S/C21H36O/c1-3-4-5-6-7-8-9-10-14-17-21(22)19(2)18-20-15-12-11-13-16-20/h11-13,15-16,19,21-22H,3-10,14,17-18H2,1-2H3. The van der Waals surface area contributed by atoms with E-state index in [0.717, 1.165) is 12.8 Å². The molecule has 0 aromatic heterocycles. The van der Waals surface area contributed by atoms with Gasteiger partial charge in [0.05, 0.1) is 6.10 Å². The number of hydrogen-bond acceptors (Lipinski definition) is 1. The summed E-state index contributed by atoms with van der Waals surface area (Å²) in [5.74, 6) is 0.358. The van der Waals surface area contributed by atoms with Gasteiger partial charge in [0.25, 0.3) is 0 Å². The molecule has 1 aromatic carbocycles. The number of unbranched alkanes of at least 4 members (excludes halogenated alkanes) is 8. The van der Waals surface area contributed by atoms with E-state index in [1.54, 1.807) is 0 Å². The first kappa shape index (κ1) is 19.2. The first-order valence-corrected chi connectivity index (χ1v) is 9.46. The molecule has 0 saturated carbocycles. The predicted molar refractivity (Wildman–Crippen MR) is 97.2 cm³/mol. The number of rotatable bonds is 13. The van der Waals surface area contributed by atoms with Gasteiger partial charge in [-0.1, -0.05) is 102 Å². The molecule has 0 aliphatic carbocycles. The molecule has 0 fully saturated rings. The summed E-state index contributed by atoms with van der Waals surface area (Å²) in [6, 6.07) is 10.5.